The molecule has 0 bridgehead atoms. The smallest absolute Gasteiger partial charge is 0.315 e. The predicted octanol–water partition coefficient (Wildman–Crippen LogP) is 2.32. The molecule has 0 aliphatic carbocycles. The number of hydrogen-bond donors (Lipinski definition) is 7. The van der Waals surface area contributed by atoms with Crippen LogP contribution in [0.3, 0.4) is 0 Å². The van der Waals surface area contributed by atoms with Crippen LogP contribution in [0.25, 0.3) is 10.8 Å². The molecule has 4 aromatic rings. The molecule has 8 N–H and O–H groups in total. The highest BCUT2D eigenvalue weighted by molar-refractivity contribution is 7.94. The van der Waals surface area contributed by atoms with Crippen LogP contribution in [0.4, 0.5) is 39.0 Å². The molecule has 1 aromatic heterocycles. The van der Waals surface area contributed by atoms with E-state index in [1.165, 1.54) is 0 Å². The number of nitrogens with zero attached hydrogens (tertiary/aromatic N) is 5. The second-order valence-electron chi connectivity index (χ2n) is 9.32. The van der Waals surface area contributed by atoms with Crippen molar-refractivity contribution in [1.82, 2.24) is 15.0 Å². The van der Waals surface area contributed by atoms with Gasteiger partial charge in [-0.3, -0.25) is 13.7 Å². The molecule has 0 amide bonds. The number of nitrogens with one attached hydrogen (secondary N) is 2. The molecule has 0 saturated heterocycles. The van der Waals surface area contributed by atoms with E-state index in [1.807, 2.05) is 0 Å². The fourth-order valence-corrected chi connectivity index (χ4v) is 6.31. The molecule has 48 heavy (non-hydrogen) atoms. The molecule has 1 heterocycles. The number of azo groups is 1. The summed E-state index contributed by atoms with van der Waals surface area (Å²) in [7, 11) is -18.8. The van der Waals surface area contributed by atoms with Crippen LogP contribution in [0, 0.1) is 6.08 Å². The molecule has 25 heteroatoms. The number of sulfone groups is 1. The van der Waals surface area contributed by atoms with Crippen LogP contribution in [0.1, 0.15) is 0 Å². The SMILES string of the molecule is C=CS(=O)(=O)CCNc1nc(F)nc(Nc2ccc(N=Nc3c(N)c(S(=O)(=O)O)cc4cc(S(=O)(=O)O)cc(O)c34)c(S(=O)(=O)O)c2)n1. The van der Waals surface area contributed by atoms with Crippen LogP contribution in [0.15, 0.2) is 73.3 Å². The van der Waals surface area contributed by atoms with E-state index in [9.17, 15) is 56.8 Å². The zero-order valence-electron chi connectivity index (χ0n) is 23.5. The summed E-state index contributed by atoms with van der Waals surface area (Å²) in [5.41, 5.74) is 3.55. The topological polar surface area (TPSA) is 331 Å². The predicted molar refractivity (Wildman–Crippen MR) is 166 cm³/mol. The highest BCUT2D eigenvalue weighted by Gasteiger charge is 2.25. The van der Waals surface area contributed by atoms with Crippen LogP contribution in [0.2, 0.25) is 0 Å². The molecular weight excluding hydrogens is 728 g/mol. The van der Waals surface area contributed by atoms with Gasteiger partial charge in [-0.15, -0.1) is 10.2 Å². The molecule has 0 aliphatic heterocycles. The lowest BCUT2D eigenvalue weighted by molar-refractivity contribution is 0.471. The number of hydrogen-bond acceptors (Lipinski definition) is 17. The van der Waals surface area contributed by atoms with Crippen LogP contribution < -0.4 is 16.4 Å². The largest absolute Gasteiger partial charge is 0.507 e. The van der Waals surface area contributed by atoms with Gasteiger partial charge in [-0.1, -0.05) is 6.58 Å². The van der Waals surface area contributed by atoms with Crippen molar-refractivity contribution in [2.24, 2.45) is 10.2 Å². The summed E-state index contributed by atoms with van der Waals surface area (Å²) in [5, 5.41) is 22.7. The van der Waals surface area contributed by atoms with E-state index in [0.717, 1.165) is 29.7 Å². The first-order chi connectivity index (χ1) is 22.1. The van der Waals surface area contributed by atoms with Gasteiger partial charge >= 0.3 is 6.08 Å². The van der Waals surface area contributed by atoms with Crippen molar-refractivity contribution in [3.8, 4) is 5.75 Å². The first-order valence-corrected chi connectivity index (χ1v) is 18.5. The highest BCUT2D eigenvalue weighted by Crippen LogP contribution is 2.44. The first-order valence-electron chi connectivity index (χ1n) is 12.4. The van der Waals surface area contributed by atoms with Crippen molar-refractivity contribution in [2.45, 2.75) is 14.7 Å². The minimum absolute atomic E-state index is 0.180. The van der Waals surface area contributed by atoms with Gasteiger partial charge in [0.1, 0.15) is 26.9 Å². The van der Waals surface area contributed by atoms with Crippen molar-refractivity contribution in [2.75, 3.05) is 28.7 Å². The Morgan fingerprint density at radius 1 is 0.854 bits per heavy atom. The van der Waals surface area contributed by atoms with E-state index in [4.69, 9.17) is 5.73 Å². The van der Waals surface area contributed by atoms with Gasteiger partial charge < -0.3 is 21.5 Å². The molecule has 4 rings (SSSR count). The molecule has 3 aromatic carbocycles. The molecule has 0 atom stereocenters. The van der Waals surface area contributed by atoms with Gasteiger partial charge in [0.05, 0.1) is 21.7 Å². The molecule has 20 nitrogen and oxygen atoms in total. The Balaban J connectivity index is 1.78. The normalized spacial score (nSPS) is 12.8. The Morgan fingerprint density at radius 2 is 1.50 bits per heavy atom. The number of rotatable bonds is 12. The zero-order chi connectivity index (χ0) is 35.8. The zero-order valence-corrected chi connectivity index (χ0v) is 26.8. The molecular formula is C23H21FN8O12S4. The molecule has 0 spiro atoms. The summed E-state index contributed by atoms with van der Waals surface area (Å²) in [4.78, 5) is 7.77. The van der Waals surface area contributed by atoms with E-state index in [0.29, 0.717) is 12.1 Å². The lowest BCUT2D eigenvalue weighted by atomic mass is 10.1. The number of nitrogens with two attached hydrogens (primary N) is 1. The van der Waals surface area contributed by atoms with Gasteiger partial charge in [-0.25, -0.2) is 8.42 Å². The summed E-state index contributed by atoms with van der Waals surface area (Å²) >= 11 is 0. The maximum atomic E-state index is 14.0. The summed E-state index contributed by atoms with van der Waals surface area (Å²) in [6.45, 7) is 2.92. The number of aromatic hydroxyl groups is 1. The minimum Gasteiger partial charge on any atom is -0.507 e. The quantitative estimate of drug-likeness (QED) is 0.0620. The van der Waals surface area contributed by atoms with E-state index in [2.05, 4.69) is 42.4 Å². The number of phenolic OH excluding ortho intramolecular Hbond substituents is 1. The summed E-state index contributed by atoms with van der Waals surface area (Å²) in [6.07, 6.45) is -1.31. The Bertz CT molecular complexity index is 2460. The number of anilines is 4. The van der Waals surface area contributed by atoms with Gasteiger partial charge in [-0.05, 0) is 35.7 Å². The second kappa shape index (κ2) is 12.9. The van der Waals surface area contributed by atoms with Crippen molar-refractivity contribution in [3.63, 3.8) is 0 Å². The fraction of sp³-hybridized carbons (Fsp3) is 0.0870. The third-order valence-electron chi connectivity index (χ3n) is 6.02. The van der Waals surface area contributed by atoms with Gasteiger partial charge in [0.25, 0.3) is 30.4 Å². The maximum absolute atomic E-state index is 14.0. The molecule has 0 saturated carbocycles. The number of phenols is 1. The van der Waals surface area contributed by atoms with Gasteiger partial charge in [0.2, 0.25) is 11.9 Å². The van der Waals surface area contributed by atoms with Crippen molar-refractivity contribution in [1.29, 1.82) is 0 Å². The Labute approximate surface area is 270 Å². The summed E-state index contributed by atoms with van der Waals surface area (Å²) in [5.74, 6) is -2.22. The number of aromatic nitrogens is 3. The van der Waals surface area contributed by atoms with Crippen LogP contribution in [-0.2, 0) is 40.2 Å². The number of fused-ring (bicyclic) bond motifs is 1. The molecule has 256 valence electrons. The number of halogens is 1. The Morgan fingerprint density at radius 3 is 2.10 bits per heavy atom. The molecule has 0 radical (unpaired) electrons. The maximum Gasteiger partial charge on any atom is 0.315 e. The minimum atomic E-state index is -5.12. The standard InChI is InChI=1S/C23H21FN8O12S4/c1-2-45(34,35)6-5-26-22-28-21(24)29-23(30-22)27-12-3-4-14(16(9-12)47(39,40)41)31-32-20-18-11(8-17(19(20)25)48(42,43)44)7-13(10-15(18)33)46(36,37)38/h2-4,7-10,33H,1,5-6,25H2,(H,36,37,38)(H,39,40,41)(H,42,43,44)(H2,26,27,28,29,30). The Kier molecular flexibility index (Phi) is 9.68. The molecule has 0 fully saturated rings. The third kappa shape index (κ3) is 8.32. The highest BCUT2D eigenvalue weighted by atomic mass is 32.2. The number of nitrogen functional groups attached to an aromatic ring is 1. The first kappa shape index (κ1) is 35.9. The second-order valence-corrected chi connectivity index (χ2v) is 15.6. The van der Waals surface area contributed by atoms with E-state index < -0.39 is 112 Å². The monoisotopic (exact) mass is 748 g/mol. The van der Waals surface area contributed by atoms with E-state index in [-0.39, 0.29) is 12.2 Å². The lowest BCUT2D eigenvalue weighted by Gasteiger charge is -2.12. The van der Waals surface area contributed by atoms with Gasteiger partial charge in [-0.2, -0.15) is 44.6 Å². The average Bonchev–Trinajstić information content (AvgIpc) is 2.95. The van der Waals surface area contributed by atoms with E-state index >= 15 is 0 Å². The number of benzene rings is 3. The lowest BCUT2D eigenvalue weighted by Crippen LogP contribution is -2.16. The summed E-state index contributed by atoms with van der Waals surface area (Å²) < 4.78 is 138. The van der Waals surface area contributed by atoms with E-state index in [1.54, 1.807) is 0 Å². The van der Waals surface area contributed by atoms with Crippen molar-refractivity contribution >= 4 is 85.6 Å². The molecule has 0 aliphatic rings. The fourth-order valence-electron chi connectivity index (χ4n) is 3.92. The van der Waals surface area contributed by atoms with Crippen molar-refractivity contribution in [3.05, 3.63) is 54.5 Å². The Hall–Kier alpha value is -4.92. The van der Waals surface area contributed by atoms with Gasteiger partial charge in [0, 0.05) is 23.7 Å². The average molecular weight is 749 g/mol. The van der Waals surface area contributed by atoms with Crippen LogP contribution >= 0.6 is 0 Å². The molecule has 0 unspecified atom stereocenters. The third-order valence-corrected chi connectivity index (χ3v) is 9.91. The van der Waals surface area contributed by atoms with Gasteiger partial charge in [0.15, 0.2) is 9.84 Å². The van der Waals surface area contributed by atoms with Crippen LogP contribution in [-0.4, -0.2) is 79.7 Å². The summed E-state index contributed by atoms with van der Waals surface area (Å²) in [6, 6.07) is 4.82. The van der Waals surface area contributed by atoms with Crippen molar-refractivity contribution < 1.29 is 56.8 Å². The van der Waals surface area contributed by atoms with Crippen LogP contribution in [0.5, 0.6) is 5.75 Å².